The fourth-order valence-electron chi connectivity index (χ4n) is 3.69. The number of nitrogens with one attached hydrogen (secondary N) is 1. The number of thiophene rings is 1. The van der Waals surface area contributed by atoms with Crippen LogP contribution in [0.1, 0.15) is 51.3 Å². The second-order valence-electron chi connectivity index (χ2n) is 7.07. The van der Waals surface area contributed by atoms with E-state index in [9.17, 15) is 4.79 Å². The molecule has 134 valence electrons. The van der Waals surface area contributed by atoms with Gasteiger partial charge in [0.1, 0.15) is 9.71 Å². The molecule has 0 bridgehead atoms. The number of benzene rings is 1. The number of amides is 1. The number of nitrogens with zero attached hydrogens (tertiary/aromatic N) is 1. The van der Waals surface area contributed by atoms with Gasteiger partial charge in [-0.1, -0.05) is 24.6 Å². The standard InChI is InChI=1S/C21H23N3OS/c1-12-7-6-8-13(2)18(12)24-20(25)19-17(22)15-11-14-9-4-3-5-10-16(14)23-21(15)26-19/h6-8,11H,3-5,9-10,22H2,1-2H3,(H,24,25). The van der Waals surface area contributed by atoms with Gasteiger partial charge in [0.25, 0.3) is 5.91 Å². The number of hydrogen-bond acceptors (Lipinski definition) is 4. The van der Waals surface area contributed by atoms with E-state index in [0.29, 0.717) is 10.6 Å². The van der Waals surface area contributed by atoms with Gasteiger partial charge in [0.05, 0.1) is 5.69 Å². The minimum atomic E-state index is -0.155. The zero-order valence-corrected chi connectivity index (χ0v) is 16.0. The number of aromatic nitrogens is 1. The molecule has 5 heteroatoms. The van der Waals surface area contributed by atoms with Crippen LogP contribution in [0.15, 0.2) is 24.3 Å². The molecule has 0 atom stereocenters. The van der Waals surface area contributed by atoms with Gasteiger partial charge in [-0.05, 0) is 62.3 Å². The van der Waals surface area contributed by atoms with Crippen LogP contribution in [0.4, 0.5) is 11.4 Å². The third kappa shape index (κ3) is 2.97. The summed E-state index contributed by atoms with van der Waals surface area (Å²) in [5.74, 6) is -0.155. The predicted molar refractivity (Wildman–Crippen MR) is 109 cm³/mol. The Hall–Kier alpha value is -2.40. The van der Waals surface area contributed by atoms with Crippen molar-refractivity contribution in [2.75, 3.05) is 11.1 Å². The maximum Gasteiger partial charge on any atom is 0.267 e. The van der Waals surface area contributed by atoms with Crippen LogP contribution < -0.4 is 11.1 Å². The van der Waals surface area contributed by atoms with Crippen molar-refractivity contribution < 1.29 is 4.79 Å². The van der Waals surface area contributed by atoms with Gasteiger partial charge >= 0.3 is 0 Å². The first-order valence-electron chi connectivity index (χ1n) is 9.13. The summed E-state index contributed by atoms with van der Waals surface area (Å²) in [6.45, 7) is 3.99. The Morgan fingerprint density at radius 1 is 1.15 bits per heavy atom. The average molecular weight is 366 g/mol. The van der Waals surface area contributed by atoms with Crippen LogP contribution in [0.3, 0.4) is 0 Å². The topological polar surface area (TPSA) is 68.0 Å². The van der Waals surface area contributed by atoms with Crippen molar-refractivity contribution >= 4 is 38.8 Å². The molecule has 0 saturated heterocycles. The lowest BCUT2D eigenvalue weighted by molar-refractivity contribution is 0.103. The maximum absolute atomic E-state index is 12.9. The molecular weight excluding hydrogens is 342 g/mol. The normalized spacial score (nSPS) is 14.1. The third-order valence-electron chi connectivity index (χ3n) is 5.18. The number of carbonyl (C=O) groups is 1. The van der Waals surface area contributed by atoms with Crippen molar-refractivity contribution in [3.8, 4) is 0 Å². The lowest BCUT2D eigenvalue weighted by Crippen LogP contribution is -2.13. The molecule has 3 aromatic rings. The summed E-state index contributed by atoms with van der Waals surface area (Å²) < 4.78 is 0. The Labute approximate surface area is 157 Å². The summed E-state index contributed by atoms with van der Waals surface area (Å²) in [4.78, 5) is 19.1. The van der Waals surface area contributed by atoms with Gasteiger partial charge < -0.3 is 11.1 Å². The lowest BCUT2D eigenvalue weighted by Gasteiger charge is -2.10. The maximum atomic E-state index is 12.9. The molecular formula is C21H23N3OS. The Morgan fingerprint density at radius 3 is 2.65 bits per heavy atom. The van der Waals surface area contributed by atoms with Crippen LogP contribution in [0, 0.1) is 13.8 Å². The molecule has 4 nitrogen and oxygen atoms in total. The van der Waals surface area contributed by atoms with Crippen LogP contribution in [0.5, 0.6) is 0 Å². The van der Waals surface area contributed by atoms with Crippen molar-refractivity contribution in [3.05, 3.63) is 51.5 Å². The fraction of sp³-hybridized carbons (Fsp3) is 0.333. The van der Waals surface area contributed by atoms with E-state index in [-0.39, 0.29) is 5.91 Å². The van der Waals surface area contributed by atoms with Gasteiger partial charge in [-0.3, -0.25) is 4.79 Å². The Kier molecular flexibility index (Phi) is 4.41. The zero-order chi connectivity index (χ0) is 18.3. The molecule has 4 rings (SSSR count). The van der Waals surface area contributed by atoms with Crippen molar-refractivity contribution in [3.63, 3.8) is 0 Å². The highest BCUT2D eigenvalue weighted by atomic mass is 32.1. The quantitative estimate of drug-likeness (QED) is 0.627. The minimum Gasteiger partial charge on any atom is -0.397 e. The second kappa shape index (κ2) is 6.72. The summed E-state index contributed by atoms with van der Waals surface area (Å²) in [6.07, 6.45) is 5.71. The Morgan fingerprint density at radius 2 is 1.88 bits per heavy atom. The molecule has 2 heterocycles. The smallest absolute Gasteiger partial charge is 0.267 e. The second-order valence-corrected chi connectivity index (χ2v) is 8.07. The lowest BCUT2D eigenvalue weighted by atomic mass is 10.1. The van der Waals surface area contributed by atoms with E-state index < -0.39 is 0 Å². The molecule has 2 aromatic heterocycles. The van der Waals surface area contributed by atoms with Crippen LogP contribution >= 0.6 is 11.3 Å². The van der Waals surface area contributed by atoms with E-state index in [1.807, 2.05) is 32.0 Å². The van der Waals surface area contributed by atoms with Crippen molar-refractivity contribution in [1.29, 1.82) is 0 Å². The molecule has 0 unspecified atom stereocenters. The number of aryl methyl sites for hydroxylation is 4. The Bertz CT molecular complexity index is 986. The van der Waals surface area contributed by atoms with E-state index in [2.05, 4.69) is 11.4 Å². The van der Waals surface area contributed by atoms with Gasteiger partial charge in [-0.25, -0.2) is 4.98 Å². The summed E-state index contributed by atoms with van der Waals surface area (Å²) in [7, 11) is 0. The van der Waals surface area contributed by atoms with Gasteiger partial charge in [-0.15, -0.1) is 11.3 Å². The number of para-hydroxylation sites is 1. The van der Waals surface area contributed by atoms with Gasteiger partial charge in [-0.2, -0.15) is 0 Å². The largest absolute Gasteiger partial charge is 0.397 e. The molecule has 1 aliphatic rings. The molecule has 1 aromatic carbocycles. The van der Waals surface area contributed by atoms with E-state index in [0.717, 1.165) is 39.9 Å². The summed E-state index contributed by atoms with van der Waals surface area (Å²) in [5, 5.41) is 3.96. The van der Waals surface area contributed by atoms with Gasteiger partial charge in [0.2, 0.25) is 0 Å². The molecule has 26 heavy (non-hydrogen) atoms. The number of rotatable bonds is 2. The monoisotopic (exact) mass is 365 g/mol. The Balaban J connectivity index is 1.72. The van der Waals surface area contributed by atoms with Crippen molar-refractivity contribution in [1.82, 2.24) is 4.98 Å². The number of hydrogen-bond donors (Lipinski definition) is 2. The molecule has 0 radical (unpaired) electrons. The first-order valence-corrected chi connectivity index (χ1v) is 9.94. The van der Waals surface area contributed by atoms with E-state index in [4.69, 9.17) is 10.7 Å². The zero-order valence-electron chi connectivity index (χ0n) is 15.2. The summed E-state index contributed by atoms with van der Waals surface area (Å²) >= 11 is 1.39. The highest BCUT2D eigenvalue weighted by Crippen LogP contribution is 2.36. The van der Waals surface area contributed by atoms with Gasteiger partial charge in [0, 0.05) is 16.8 Å². The van der Waals surface area contributed by atoms with Crippen molar-refractivity contribution in [2.24, 2.45) is 0 Å². The molecule has 1 aliphatic carbocycles. The number of fused-ring (bicyclic) bond motifs is 2. The van der Waals surface area contributed by atoms with Crippen LogP contribution in [0.2, 0.25) is 0 Å². The van der Waals surface area contributed by atoms with E-state index in [1.165, 1.54) is 41.9 Å². The molecule has 1 amide bonds. The average Bonchev–Trinajstić information content (AvgIpc) is 2.79. The van der Waals surface area contributed by atoms with Crippen LogP contribution in [-0.4, -0.2) is 10.9 Å². The number of nitrogens with two attached hydrogens (primary N) is 1. The van der Waals surface area contributed by atoms with E-state index in [1.54, 1.807) is 0 Å². The molecule has 0 saturated carbocycles. The summed E-state index contributed by atoms with van der Waals surface area (Å²) in [6, 6.07) is 8.14. The third-order valence-corrected chi connectivity index (χ3v) is 6.29. The minimum absolute atomic E-state index is 0.155. The number of anilines is 2. The fourth-order valence-corrected chi connectivity index (χ4v) is 4.68. The van der Waals surface area contributed by atoms with Crippen LogP contribution in [0.25, 0.3) is 10.2 Å². The molecule has 3 N–H and O–H groups in total. The van der Waals surface area contributed by atoms with Crippen LogP contribution in [-0.2, 0) is 12.8 Å². The highest BCUT2D eigenvalue weighted by molar-refractivity contribution is 7.21. The van der Waals surface area contributed by atoms with E-state index >= 15 is 0 Å². The first kappa shape index (κ1) is 17.0. The number of nitrogen functional groups attached to an aromatic ring is 1. The summed E-state index contributed by atoms with van der Waals surface area (Å²) in [5.41, 5.74) is 12.3. The SMILES string of the molecule is Cc1cccc(C)c1NC(=O)c1sc2nc3c(cc2c1N)CCCCC3. The van der Waals surface area contributed by atoms with Crippen molar-refractivity contribution in [2.45, 2.75) is 46.0 Å². The first-order chi connectivity index (χ1) is 12.5. The number of pyridine rings is 1. The highest BCUT2D eigenvalue weighted by Gasteiger charge is 2.21. The number of carbonyl (C=O) groups excluding carboxylic acids is 1. The molecule has 0 spiro atoms. The van der Waals surface area contributed by atoms with Gasteiger partial charge in [0.15, 0.2) is 0 Å². The molecule has 0 aliphatic heterocycles. The molecule has 0 fully saturated rings. The predicted octanol–water partition coefficient (Wildman–Crippen LogP) is 5.02.